The molecular weight excluding hydrogens is 384 g/mol. The van der Waals surface area contributed by atoms with E-state index in [1.807, 2.05) is 30.3 Å². The van der Waals surface area contributed by atoms with Crippen LogP contribution in [0.25, 0.3) is 0 Å². The third-order valence-corrected chi connectivity index (χ3v) is 6.94. The molecular formula is C19H26N2O4S2. The van der Waals surface area contributed by atoms with Gasteiger partial charge in [0.1, 0.15) is 12.3 Å². The lowest BCUT2D eigenvalue weighted by molar-refractivity contribution is -0.154. The van der Waals surface area contributed by atoms with Gasteiger partial charge in [0.2, 0.25) is 5.91 Å². The summed E-state index contributed by atoms with van der Waals surface area (Å²) >= 11 is 6.13. The standard InChI is InChI=1S/C19H26N2O4S2/c22-17(15(26)11-12-5-2-1-3-6-12)20-13-9-10-27-16-8-4-7-14(19(24)25)21(16)18(13)23/h1-3,5-6,13-17,20,22,26H,4,7-11H2,(H,24,25)/t13-,14-,15-,16-,17?/m0/s1. The molecule has 0 radical (unpaired) electrons. The van der Waals surface area contributed by atoms with Gasteiger partial charge in [-0.3, -0.25) is 10.1 Å². The van der Waals surface area contributed by atoms with Crippen LogP contribution in [0.2, 0.25) is 0 Å². The second-order valence-electron chi connectivity index (χ2n) is 7.07. The Morgan fingerprint density at radius 1 is 1.30 bits per heavy atom. The Morgan fingerprint density at radius 2 is 2.04 bits per heavy atom. The first kappa shape index (κ1) is 20.5. The lowest BCUT2D eigenvalue weighted by Gasteiger charge is -2.40. The molecule has 1 aromatic rings. The van der Waals surface area contributed by atoms with Crippen molar-refractivity contribution in [1.29, 1.82) is 0 Å². The molecule has 6 nitrogen and oxygen atoms in total. The normalized spacial score (nSPS) is 28.1. The fourth-order valence-corrected chi connectivity index (χ4v) is 5.42. The Bertz CT molecular complexity index is 660. The number of carbonyl (C=O) groups is 2. The number of aliphatic carboxylic acids is 1. The third-order valence-electron chi connectivity index (χ3n) is 5.15. The van der Waals surface area contributed by atoms with E-state index >= 15 is 0 Å². The summed E-state index contributed by atoms with van der Waals surface area (Å²) in [6, 6.07) is 8.37. The van der Waals surface area contributed by atoms with Gasteiger partial charge in [0.15, 0.2) is 0 Å². The smallest absolute Gasteiger partial charge is 0.326 e. The zero-order chi connectivity index (χ0) is 19.4. The van der Waals surface area contributed by atoms with Crippen molar-refractivity contribution in [2.75, 3.05) is 5.75 Å². The number of hydrogen-bond acceptors (Lipinski definition) is 6. The second-order valence-corrected chi connectivity index (χ2v) is 9.01. The number of thioether (sulfide) groups is 1. The van der Waals surface area contributed by atoms with Gasteiger partial charge in [-0.05, 0) is 43.4 Å². The number of carboxylic acid groups (broad SMARTS) is 1. The molecule has 0 bridgehead atoms. The highest BCUT2D eigenvalue weighted by molar-refractivity contribution is 7.99. The average Bonchev–Trinajstić information content (AvgIpc) is 2.81. The number of carboxylic acids is 1. The number of nitrogens with one attached hydrogen (secondary N) is 1. The SMILES string of the molecule is O=C(O)[C@@H]1CCC[C@@H]2SCC[C@H](NC(O)[C@@H](S)Cc3ccccc3)C(=O)N21. The van der Waals surface area contributed by atoms with Gasteiger partial charge in [-0.25, -0.2) is 4.79 Å². The summed E-state index contributed by atoms with van der Waals surface area (Å²) in [5, 5.41) is 22.6. The van der Waals surface area contributed by atoms with Crippen molar-refractivity contribution in [3.63, 3.8) is 0 Å². The summed E-state index contributed by atoms with van der Waals surface area (Å²) < 4.78 is 0. The first-order valence-corrected chi connectivity index (χ1v) is 10.9. The minimum atomic E-state index is -0.961. The molecule has 2 aliphatic heterocycles. The maximum absolute atomic E-state index is 13.1. The highest BCUT2D eigenvalue weighted by Gasteiger charge is 2.43. The van der Waals surface area contributed by atoms with E-state index in [9.17, 15) is 19.8 Å². The Morgan fingerprint density at radius 3 is 2.74 bits per heavy atom. The summed E-state index contributed by atoms with van der Waals surface area (Å²) in [6.45, 7) is 0. The minimum absolute atomic E-state index is 0.0904. The van der Waals surface area contributed by atoms with Gasteiger partial charge in [0.05, 0.1) is 11.4 Å². The molecule has 0 spiro atoms. The number of aliphatic hydroxyl groups excluding tert-OH is 1. The number of nitrogens with zero attached hydrogens (tertiary/aromatic N) is 1. The van der Waals surface area contributed by atoms with Crippen molar-refractivity contribution < 1.29 is 19.8 Å². The van der Waals surface area contributed by atoms with Crippen molar-refractivity contribution in [2.24, 2.45) is 0 Å². The molecule has 0 saturated carbocycles. The van der Waals surface area contributed by atoms with Crippen LogP contribution in [-0.4, -0.2) is 61.7 Å². The van der Waals surface area contributed by atoms with Gasteiger partial charge < -0.3 is 15.1 Å². The molecule has 3 rings (SSSR count). The molecule has 5 atom stereocenters. The topological polar surface area (TPSA) is 89.9 Å². The predicted molar refractivity (Wildman–Crippen MR) is 109 cm³/mol. The average molecular weight is 411 g/mol. The summed E-state index contributed by atoms with van der Waals surface area (Å²) in [4.78, 5) is 26.2. The number of benzene rings is 1. The third kappa shape index (κ3) is 4.99. The van der Waals surface area contributed by atoms with Gasteiger partial charge in [0, 0.05) is 5.25 Å². The van der Waals surface area contributed by atoms with Crippen LogP contribution in [-0.2, 0) is 16.0 Å². The summed E-state index contributed by atoms with van der Waals surface area (Å²) in [5.41, 5.74) is 1.06. The van der Waals surface area contributed by atoms with E-state index in [4.69, 9.17) is 0 Å². The van der Waals surface area contributed by atoms with Gasteiger partial charge in [0.25, 0.3) is 0 Å². The van der Waals surface area contributed by atoms with E-state index in [2.05, 4.69) is 17.9 Å². The molecule has 2 saturated heterocycles. The van der Waals surface area contributed by atoms with E-state index in [1.54, 1.807) is 11.8 Å². The zero-order valence-electron chi connectivity index (χ0n) is 15.0. The molecule has 148 valence electrons. The number of thiol groups is 1. The number of carbonyl (C=O) groups excluding carboxylic acids is 1. The van der Waals surface area contributed by atoms with Crippen molar-refractivity contribution in [2.45, 2.75) is 61.0 Å². The van der Waals surface area contributed by atoms with Crippen LogP contribution >= 0.6 is 24.4 Å². The Kier molecular flexibility index (Phi) is 7.08. The van der Waals surface area contributed by atoms with Crippen LogP contribution in [0.5, 0.6) is 0 Å². The maximum atomic E-state index is 13.1. The van der Waals surface area contributed by atoms with E-state index < -0.39 is 24.3 Å². The molecule has 1 aromatic carbocycles. The molecule has 1 amide bonds. The van der Waals surface area contributed by atoms with Gasteiger partial charge in [-0.1, -0.05) is 30.3 Å². The van der Waals surface area contributed by atoms with Crippen molar-refractivity contribution in [3.05, 3.63) is 35.9 Å². The van der Waals surface area contributed by atoms with Gasteiger partial charge in [-0.15, -0.1) is 11.8 Å². The van der Waals surface area contributed by atoms with Crippen molar-refractivity contribution in [1.82, 2.24) is 10.2 Å². The van der Waals surface area contributed by atoms with Crippen LogP contribution < -0.4 is 5.32 Å². The monoisotopic (exact) mass is 410 g/mol. The summed E-state index contributed by atoms with van der Waals surface area (Å²) in [6.07, 6.45) is 2.28. The maximum Gasteiger partial charge on any atom is 0.326 e. The van der Waals surface area contributed by atoms with Crippen molar-refractivity contribution >= 4 is 36.3 Å². The van der Waals surface area contributed by atoms with E-state index in [0.29, 0.717) is 19.3 Å². The first-order valence-electron chi connectivity index (χ1n) is 9.30. The second kappa shape index (κ2) is 9.32. The molecule has 1 unspecified atom stereocenters. The molecule has 2 aliphatic rings. The van der Waals surface area contributed by atoms with Gasteiger partial charge in [-0.2, -0.15) is 12.6 Å². The number of aliphatic hydroxyl groups is 1. The number of piperidine rings is 1. The van der Waals surface area contributed by atoms with Crippen LogP contribution in [0.4, 0.5) is 0 Å². The van der Waals surface area contributed by atoms with Gasteiger partial charge >= 0.3 is 5.97 Å². The molecule has 27 heavy (non-hydrogen) atoms. The number of fused-ring (bicyclic) bond motifs is 1. The Hall–Kier alpha value is -1.22. The lowest BCUT2D eigenvalue weighted by Crippen LogP contribution is -2.58. The van der Waals surface area contributed by atoms with Crippen LogP contribution in [0.3, 0.4) is 0 Å². The summed E-state index contributed by atoms with van der Waals surface area (Å²) in [5.74, 6) is -0.429. The largest absolute Gasteiger partial charge is 0.480 e. The first-order chi connectivity index (χ1) is 13.0. The van der Waals surface area contributed by atoms with Crippen LogP contribution in [0, 0.1) is 0 Å². The Balaban J connectivity index is 1.66. The van der Waals surface area contributed by atoms with E-state index in [0.717, 1.165) is 24.2 Å². The Labute approximate surface area is 169 Å². The van der Waals surface area contributed by atoms with E-state index in [1.165, 1.54) is 4.90 Å². The van der Waals surface area contributed by atoms with Crippen LogP contribution in [0.15, 0.2) is 30.3 Å². The fourth-order valence-electron chi connectivity index (χ4n) is 3.73. The fraction of sp³-hybridized carbons (Fsp3) is 0.579. The minimum Gasteiger partial charge on any atom is -0.480 e. The number of amides is 1. The molecule has 0 aromatic heterocycles. The molecule has 0 aliphatic carbocycles. The predicted octanol–water partition coefficient (Wildman–Crippen LogP) is 1.73. The molecule has 2 heterocycles. The number of rotatable bonds is 6. The number of hydrogen-bond donors (Lipinski definition) is 4. The zero-order valence-corrected chi connectivity index (χ0v) is 16.7. The van der Waals surface area contributed by atoms with E-state index in [-0.39, 0.29) is 16.5 Å². The quantitative estimate of drug-likeness (QED) is 0.422. The summed E-state index contributed by atoms with van der Waals surface area (Å²) in [7, 11) is 0. The highest BCUT2D eigenvalue weighted by atomic mass is 32.2. The van der Waals surface area contributed by atoms with Crippen LogP contribution in [0.1, 0.15) is 31.2 Å². The van der Waals surface area contributed by atoms with Crippen molar-refractivity contribution in [3.8, 4) is 0 Å². The molecule has 3 N–H and O–H groups in total. The lowest BCUT2D eigenvalue weighted by atomic mass is 10.00. The molecule has 2 fully saturated rings. The molecule has 8 heteroatoms. The highest BCUT2D eigenvalue weighted by Crippen LogP contribution is 2.34.